The number of thioether (sulfide) groups is 2. The normalized spacial score (nSPS) is 23.9. The predicted molar refractivity (Wildman–Crippen MR) is 137 cm³/mol. The molecular weight excluding hydrogens is 460 g/mol. The van der Waals surface area contributed by atoms with Crippen LogP contribution in [0.15, 0.2) is 70.2 Å². The molecule has 0 amide bonds. The summed E-state index contributed by atoms with van der Waals surface area (Å²) in [5, 5.41) is 11.0. The Morgan fingerprint density at radius 1 is 1.19 bits per heavy atom. The Morgan fingerprint density at radius 2 is 1.91 bits per heavy atom. The lowest BCUT2D eigenvalue weighted by molar-refractivity contribution is -0.139. The molecule has 0 fully saturated rings. The van der Waals surface area contributed by atoms with Crippen LogP contribution in [0.25, 0.3) is 0 Å². The fourth-order valence-electron chi connectivity index (χ4n) is 4.37. The number of aliphatic carboxylic acids is 1. The van der Waals surface area contributed by atoms with Crippen molar-refractivity contribution in [3.05, 3.63) is 81.3 Å². The van der Waals surface area contributed by atoms with E-state index in [0.29, 0.717) is 10.7 Å². The van der Waals surface area contributed by atoms with Crippen LogP contribution in [0.2, 0.25) is 5.02 Å². The van der Waals surface area contributed by atoms with Crippen molar-refractivity contribution in [2.45, 2.75) is 31.2 Å². The second-order valence-electron chi connectivity index (χ2n) is 8.19. The van der Waals surface area contributed by atoms with Gasteiger partial charge in [0.25, 0.3) is 0 Å². The summed E-state index contributed by atoms with van der Waals surface area (Å²) < 4.78 is 0. The first kappa shape index (κ1) is 23.4. The van der Waals surface area contributed by atoms with E-state index < -0.39 is 11.9 Å². The summed E-state index contributed by atoms with van der Waals surface area (Å²) >= 11 is 10.3. The standard InChI is InChI=1S/C25H27ClN2O2S2/c1-16-22(25(29)30)23(18-10-6-7-11-19(18)26)24-20(27-16)15-31-13-12-21(32-24)28(2)14-17-8-4-3-5-9-17/h3-11,21-23H,12-15H2,1-2H3,(H,29,30). The van der Waals surface area contributed by atoms with Gasteiger partial charge in [-0.25, -0.2) is 0 Å². The van der Waals surface area contributed by atoms with Crippen molar-refractivity contribution in [1.82, 2.24) is 4.90 Å². The van der Waals surface area contributed by atoms with Crippen LogP contribution in [-0.4, -0.2) is 45.6 Å². The van der Waals surface area contributed by atoms with E-state index in [1.54, 1.807) is 11.8 Å². The number of carboxylic acid groups (broad SMARTS) is 1. The van der Waals surface area contributed by atoms with E-state index in [0.717, 1.165) is 40.6 Å². The summed E-state index contributed by atoms with van der Waals surface area (Å²) in [5.41, 5.74) is 3.78. The third-order valence-corrected chi connectivity index (χ3v) is 8.90. The number of aliphatic imine (C=N–C) groups is 1. The molecule has 1 N–H and O–H groups in total. The molecule has 3 unspecified atom stereocenters. The van der Waals surface area contributed by atoms with Crippen molar-refractivity contribution >= 4 is 46.8 Å². The van der Waals surface area contributed by atoms with Crippen molar-refractivity contribution < 1.29 is 9.90 Å². The molecular formula is C25H27ClN2O2S2. The molecule has 0 radical (unpaired) electrons. The molecule has 0 bridgehead atoms. The number of hydrogen-bond donors (Lipinski definition) is 1. The first-order chi connectivity index (χ1) is 15.5. The van der Waals surface area contributed by atoms with Gasteiger partial charge in [-0.2, -0.15) is 11.8 Å². The Labute approximate surface area is 203 Å². The Morgan fingerprint density at radius 3 is 2.62 bits per heavy atom. The Bertz CT molecular complexity index is 1040. The zero-order valence-corrected chi connectivity index (χ0v) is 20.6. The van der Waals surface area contributed by atoms with Crippen molar-refractivity contribution in [1.29, 1.82) is 0 Å². The number of benzene rings is 2. The highest BCUT2D eigenvalue weighted by Gasteiger charge is 2.41. The largest absolute Gasteiger partial charge is 0.481 e. The van der Waals surface area contributed by atoms with E-state index in [1.807, 2.05) is 49.0 Å². The summed E-state index contributed by atoms with van der Waals surface area (Å²) in [6, 6.07) is 18.1. The maximum Gasteiger partial charge on any atom is 0.313 e. The molecule has 0 spiro atoms. The van der Waals surface area contributed by atoms with Crippen molar-refractivity contribution in [3.63, 3.8) is 0 Å². The SMILES string of the molecule is CC1=NC2=C(SC(N(C)Cc3ccccc3)CCSC2)C(c2ccccc2Cl)C1C(=O)O. The smallest absolute Gasteiger partial charge is 0.313 e. The Kier molecular flexibility index (Phi) is 7.66. The van der Waals surface area contributed by atoms with Crippen LogP contribution in [0.4, 0.5) is 0 Å². The fraction of sp³-hybridized carbons (Fsp3) is 0.360. The summed E-state index contributed by atoms with van der Waals surface area (Å²) in [7, 11) is 2.15. The van der Waals surface area contributed by atoms with Gasteiger partial charge in [0, 0.05) is 33.9 Å². The van der Waals surface area contributed by atoms with E-state index >= 15 is 0 Å². The average molecular weight is 487 g/mol. The summed E-state index contributed by atoms with van der Waals surface area (Å²) in [6.45, 7) is 2.67. The molecule has 0 saturated carbocycles. The summed E-state index contributed by atoms with van der Waals surface area (Å²) in [6.07, 6.45) is 1.02. The highest BCUT2D eigenvalue weighted by molar-refractivity contribution is 8.04. The zero-order valence-electron chi connectivity index (χ0n) is 18.2. The molecule has 3 atom stereocenters. The maximum absolute atomic E-state index is 12.4. The van der Waals surface area contributed by atoms with Gasteiger partial charge in [0.15, 0.2) is 0 Å². The molecule has 4 nitrogen and oxygen atoms in total. The molecule has 2 aromatic rings. The number of nitrogens with zero attached hydrogens (tertiary/aromatic N) is 2. The molecule has 0 saturated heterocycles. The minimum atomic E-state index is -0.854. The monoisotopic (exact) mass is 486 g/mol. The molecule has 168 valence electrons. The topological polar surface area (TPSA) is 52.9 Å². The molecule has 2 aliphatic heterocycles. The minimum absolute atomic E-state index is 0.223. The number of hydrogen-bond acceptors (Lipinski definition) is 5. The Hall–Kier alpha value is -1.73. The quantitative estimate of drug-likeness (QED) is 0.550. The zero-order chi connectivity index (χ0) is 22.7. The van der Waals surface area contributed by atoms with Crippen LogP contribution in [0, 0.1) is 5.92 Å². The molecule has 4 rings (SSSR count). The van der Waals surface area contributed by atoms with Crippen molar-refractivity contribution in [3.8, 4) is 0 Å². The van der Waals surface area contributed by atoms with Gasteiger partial charge in [-0.1, -0.05) is 60.1 Å². The molecule has 0 aliphatic carbocycles. The molecule has 0 aromatic heterocycles. The van der Waals surface area contributed by atoms with Gasteiger partial charge >= 0.3 is 5.97 Å². The number of allylic oxidation sites excluding steroid dienone is 1. The second-order valence-corrected chi connectivity index (χ2v) is 10.9. The number of halogens is 1. The van der Waals surface area contributed by atoms with E-state index in [1.165, 1.54) is 5.56 Å². The van der Waals surface area contributed by atoms with Gasteiger partial charge in [-0.05, 0) is 43.3 Å². The molecule has 2 heterocycles. The van der Waals surface area contributed by atoms with Crippen molar-refractivity contribution in [2.75, 3.05) is 18.6 Å². The van der Waals surface area contributed by atoms with E-state index in [9.17, 15) is 9.90 Å². The molecule has 32 heavy (non-hydrogen) atoms. The van der Waals surface area contributed by atoms with Gasteiger partial charge in [-0.15, -0.1) is 11.8 Å². The lowest BCUT2D eigenvalue weighted by Gasteiger charge is -2.37. The second kappa shape index (κ2) is 10.5. The molecule has 2 aromatic carbocycles. The maximum atomic E-state index is 12.4. The first-order valence-corrected chi connectivity index (χ1v) is 13.1. The lowest BCUT2D eigenvalue weighted by Crippen LogP contribution is -2.36. The van der Waals surface area contributed by atoms with Gasteiger partial charge in [0.1, 0.15) is 5.92 Å². The molecule has 7 heteroatoms. The van der Waals surface area contributed by atoms with Crippen LogP contribution < -0.4 is 0 Å². The number of rotatable bonds is 5. The summed E-state index contributed by atoms with van der Waals surface area (Å²) in [4.78, 5) is 20.6. The van der Waals surface area contributed by atoms with Gasteiger partial charge in [-0.3, -0.25) is 14.7 Å². The highest BCUT2D eigenvalue weighted by Crippen LogP contribution is 2.49. The van der Waals surface area contributed by atoms with Crippen molar-refractivity contribution in [2.24, 2.45) is 10.9 Å². The Balaban J connectivity index is 1.73. The third kappa shape index (κ3) is 5.09. The molecule has 2 aliphatic rings. The highest BCUT2D eigenvalue weighted by atomic mass is 35.5. The van der Waals surface area contributed by atoms with E-state index in [4.69, 9.17) is 16.6 Å². The predicted octanol–water partition coefficient (Wildman–Crippen LogP) is 6.14. The van der Waals surface area contributed by atoms with E-state index in [-0.39, 0.29) is 11.3 Å². The van der Waals surface area contributed by atoms with Crippen LogP contribution in [0.1, 0.15) is 30.4 Å². The number of carbonyl (C=O) groups is 1. The average Bonchev–Trinajstić information content (AvgIpc) is 2.75. The van der Waals surface area contributed by atoms with Crippen LogP contribution in [0.3, 0.4) is 0 Å². The van der Waals surface area contributed by atoms with Crippen LogP contribution in [0.5, 0.6) is 0 Å². The van der Waals surface area contributed by atoms with E-state index in [2.05, 4.69) is 36.2 Å². The van der Waals surface area contributed by atoms with Gasteiger partial charge in [0.2, 0.25) is 0 Å². The number of carboxylic acids is 1. The van der Waals surface area contributed by atoms with Gasteiger partial charge in [0.05, 0.1) is 11.1 Å². The first-order valence-electron chi connectivity index (χ1n) is 10.7. The summed E-state index contributed by atoms with van der Waals surface area (Å²) in [5.74, 6) is -0.0634. The van der Waals surface area contributed by atoms with Crippen LogP contribution >= 0.6 is 35.1 Å². The minimum Gasteiger partial charge on any atom is -0.481 e. The fourth-order valence-corrected chi connectivity index (χ4v) is 7.25. The lowest BCUT2D eigenvalue weighted by atomic mass is 9.80. The van der Waals surface area contributed by atoms with Crippen LogP contribution in [-0.2, 0) is 11.3 Å². The van der Waals surface area contributed by atoms with Gasteiger partial charge < -0.3 is 5.11 Å². The third-order valence-electron chi connectivity index (χ3n) is 5.95.